The fourth-order valence-electron chi connectivity index (χ4n) is 2.26. The van der Waals surface area contributed by atoms with Crippen LogP contribution in [0.2, 0.25) is 0 Å². The second kappa shape index (κ2) is 1.76. The van der Waals surface area contributed by atoms with Gasteiger partial charge in [-0.25, -0.2) is 0 Å². The maximum Gasteiger partial charge on any atom is 0.140 e. The summed E-state index contributed by atoms with van der Waals surface area (Å²) >= 11 is 6.09. The first-order valence-corrected chi connectivity index (χ1v) is 4.25. The number of hydrogen-bond donors (Lipinski definition) is 0. The third-order valence-electron chi connectivity index (χ3n) is 3.14. The van der Waals surface area contributed by atoms with E-state index in [2.05, 4.69) is 0 Å². The van der Waals surface area contributed by atoms with Crippen LogP contribution in [0, 0.1) is 11.3 Å². The van der Waals surface area contributed by atoms with Crippen molar-refractivity contribution < 1.29 is 4.79 Å². The van der Waals surface area contributed by atoms with E-state index < -0.39 is 0 Å². The van der Waals surface area contributed by atoms with Gasteiger partial charge >= 0.3 is 0 Å². The Bertz CT molecular complexity index is 190. The van der Waals surface area contributed by atoms with Gasteiger partial charge in [-0.1, -0.05) is 6.92 Å². The molecule has 3 atom stereocenters. The zero-order valence-electron chi connectivity index (χ0n) is 6.06. The molecule has 0 saturated heterocycles. The zero-order chi connectivity index (χ0) is 7.35. The Balaban J connectivity index is 2.37. The van der Waals surface area contributed by atoms with Crippen molar-refractivity contribution in [2.24, 2.45) is 11.3 Å². The Morgan fingerprint density at radius 1 is 1.70 bits per heavy atom. The van der Waals surface area contributed by atoms with Crippen LogP contribution in [-0.2, 0) is 4.79 Å². The number of alkyl halides is 1. The van der Waals surface area contributed by atoms with Gasteiger partial charge in [-0.2, -0.15) is 0 Å². The molecule has 0 aromatic carbocycles. The van der Waals surface area contributed by atoms with E-state index in [1.807, 2.05) is 6.92 Å². The van der Waals surface area contributed by atoms with Crippen LogP contribution in [0.3, 0.4) is 0 Å². The van der Waals surface area contributed by atoms with Crippen LogP contribution in [0.15, 0.2) is 0 Å². The average Bonchev–Trinajstić information content (AvgIpc) is 2.25. The summed E-state index contributed by atoms with van der Waals surface area (Å²) in [6.45, 7) is 2.01. The third-order valence-corrected chi connectivity index (χ3v) is 3.98. The molecule has 0 N–H and O–H groups in total. The molecule has 2 saturated carbocycles. The number of rotatable bonds is 0. The van der Waals surface area contributed by atoms with E-state index in [0.29, 0.717) is 11.7 Å². The number of fused-ring (bicyclic) bond motifs is 2. The smallest absolute Gasteiger partial charge is 0.140 e. The summed E-state index contributed by atoms with van der Waals surface area (Å²) in [4.78, 5) is 11.3. The number of carbonyl (C=O) groups excluding carboxylic acids is 1. The van der Waals surface area contributed by atoms with E-state index >= 15 is 0 Å². The Labute approximate surface area is 65.7 Å². The molecule has 0 spiro atoms. The number of ketones is 1. The summed E-state index contributed by atoms with van der Waals surface area (Å²) in [5, 5.41) is 0.139. The van der Waals surface area contributed by atoms with Crippen molar-refractivity contribution in [2.75, 3.05) is 0 Å². The lowest BCUT2D eigenvalue weighted by atomic mass is 9.85. The highest BCUT2D eigenvalue weighted by Crippen LogP contribution is 2.54. The zero-order valence-corrected chi connectivity index (χ0v) is 6.82. The van der Waals surface area contributed by atoms with Crippen molar-refractivity contribution >= 4 is 17.4 Å². The first kappa shape index (κ1) is 6.66. The fourth-order valence-corrected chi connectivity index (χ4v) is 2.71. The Morgan fingerprint density at radius 3 is 2.60 bits per heavy atom. The molecule has 10 heavy (non-hydrogen) atoms. The molecule has 2 aliphatic rings. The first-order chi connectivity index (χ1) is 4.64. The van der Waals surface area contributed by atoms with Crippen molar-refractivity contribution in [3.63, 3.8) is 0 Å². The predicted molar refractivity (Wildman–Crippen MR) is 40.1 cm³/mol. The fraction of sp³-hybridized carbons (Fsp3) is 0.875. The van der Waals surface area contributed by atoms with Crippen LogP contribution in [0.1, 0.15) is 26.2 Å². The van der Waals surface area contributed by atoms with Gasteiger partial charge in [-0.3, -0.25) is 4.79 Å². The van der Waals surface area contributed by atoms with Gasteiger partial charge in [0.1, 0.15) is 5.78 Å². The molecule has 2 aliphatic carbocycles. The molecule has 2 fully saturated rings. The second-order valence-electron chi connectivity index (χ2n) is 3.75. The largest absolute Gasteiger partial charge is 0.299 e. The van der Waals surface area contributed by atoms with E-state index in [0.717, 1.165) is 19.3 Å². The van der Waals surface area contributed by atoms with Crippen molar-refractivity contribution in [3.8, 4) is 0 Å². The molecule has 0 heterocycles. The minimum Gasteiger partial charge on any atom is -0.299 e. The maximum absolute atomic E-state index is 11.3. The average molecular weight is 159 g/mol. The van der Waals surface area contributed by atoms with Crippen LogP contribution in [-0.4, -0.2) is 11.2 Å². The summed E-state index contributed by atoms with van der Waals surface area (Å²) in [6, 6.07) is 0. The van der Waals surface area contributed by atoms with Gasteiger partial charge in [-0.15, -0.1) is 11.6 Å². The van der Waals surface area contributed by atoms with E-state index in [1.165, 1.54) is 0 Å². The van der Waals surface area contributed by atoms with Gasteiger partial charge in [-0.05, 0) is 18.8 Å². The standard InChI is InChI=1S/C8H11ClO/c1-8-3-2-5(7(8)9)4-6(8)10/h5,7H,2-4H2,1H3. The summed E-state index contributed by atoms with van der Waals surface area (Å²) in [6.07, 6.45) is 2.92. The van der Waals surface area contributed by atoms with Crippen LogP contribution in [0.5, 0.6) is 0 Å². The molecule has 0 radical (unpaired) electrons. The van der Waals surface area contributed by atoms with E-state index in [4.69, 9.17) is 11.6 Å². The highest BCUT2D eigenvalue weighted by Gasteiger charge is 2.55. The molecular weight excluding hydrogens is 148 g/mol. The van der Waals surface area contributed by atoms with Crippen LogP contribution in [0.25, 0.3) is 0 Å². The highest BCUT2D eigenvalue weighted by molar-refractivity contribution is 6.24. The molecule has 0 amide bonds. The minimum absolute atomic E-state index is 0.139. The van der Waals surface area contributed by atoms with Gasteiger partial charge in [0.25, 0.3) is 0 Å². The number of carbonyl (C=O) groups is 1. The normalized spacial score (nSPS) is 52.4. The van der Waals surface area contributed by atoms with Crippen molar-refractivity contribution in [1.29, 1.82) is 0 Å². The lowest BCUT2D eigenvalue weighted by molar-refractivity contribution is -0.126. The van der Waals surface area contributed by atoms with Crippen LogP contribution < -0.4 is 0 Å². The topological polar surface area (TPSA) is 17.1 Å². The molecule has 2 rings (SSSR count). The number of halogens is 1. The molecule has 56 valence electrons. The molecular formula is C8H11ClO. The third kappa shape index (κ3) is 0.572. The first-order valence-electron chi connectivity index (χ1n) is 3.82. The Hall–Kier alpha value is -0.0400. The lowest BCUT2D eigenvalue weighted by Crippen LogP contribution is -2.26. The van der Waals surface area contributed by atoms with Crippen molar-refractivity contribution in [3.05, 3.63) is 0 Å². The molecule has 0 aliphatic heterocycles. The molecule has 1 nitrogen and oxygen atoms in total. The summed E-state index contributed by atoms with van der Waals surface area (Å²) < 4.78 is 0. The Morgan fingerprint density at radius 2 is 2.40 bits per heavy atom. The van der Waals surface area contributed by atoms with Gasteiger partial charge in [0.05, 0.1) is 0 Å². The van der Waals surface area contributed by atoms with E-state index in [9.17, 15) is 4.79 Å². The SMILES string of the molecule is CC12CCC(CC1=O)C2Cl. The summed E-state index contributed by atoms with van der Waals surface area (Å²) in [7, 11) is 0. The van der Waals surface area contributed by atoms with Gasteiger partial charge in [0.15, 0.2) is 0 Å². The van der Waals surface area contributed by atoms with Gasteiger partial charge < -0.3 is 0 Å². The Kier molecular flexibility index (Phi) is 1.17. The highest BCUT2D eigenvalue weighted by atomic mass is 35.5. The van der Waals surface area contributed by atoms with Crippen molar-refractivity contribution in [2.45, 2.75) is 31.6 Å². The van der Waals surface area contributed by atoms with E-state index in [-0.39, 0.29) is 10.8 Å². The van der Waals surface area contributed by atoms with Crippen molar-refractivity contribution in [1.82, 2.24) is 0 Å². The van der Waals surface area contributed by atoms with Gasteiger partial charge in [0, 0.05) is 17.2 Å². The number of Topliss-reactive ketones (excluding diaryl/α,β-unsaturated/α-hetero) is 1. The second-order valence-corrected chi connectivity index (χ2v) is 4.22. The maximum atomic E-state index is 11.3. The predicted octanol–water partition coefficient (Wildman–Crippen LogP) is 1.98. The molecule has 2 bridgehead atoms. The summed E-state index contributed by atoms with van der Waals surface area (Å²) in [5.74, 6) is 0.892. The molecule has 0 aromatic heterocycles. The quantitative estimate of drug-likeness (QED) is 0.493. The number of hydrogen-bond acceptors (Lipinski definition) is 1. The minimum atomic E-state index is -0.147. The monoisotopic (exact) mass is 158 g/mol. The molecule has 3 unspecified atom stereocenters. The van der Waals surface area contributed by atoms with Crippen LogP contribution >= 0.6 is 11.6 Å². The van der Waals surface area contributed by atoms with Crippen LogP contribution in [0.4, 0.5) is 0 Å². The van der Waals surface area contributed by atoms with Gasteiger partial charge in [0.2, 0.25) is 0 Å². The lowest BCUT2D eigenvalue weighted by Gasteiger charge is -2.20. The van der Waals surface area contributed by atoms with E-state index in [1.54, 1.807) is 0 Å². The molecule has 2 heteroatoms. The molecule has 0 aromatic rings. The summed E-state index contributed by atoms with van der Waals surface area (Å²) in [5.41, 5.74) is -0.147.